The molecule has 1 aromatic rings. The highest BCUT2D eigenvalue weighted by molar-refractivity contribution is 5.97. The average Bonchev–Trinajstić information content (AvgIpc) is 2.78. The molecule has 1 amide bonds. The summed E-state index contributed by atoms with van der Waals surface area (Å²) in [4.78, 5) is 14.4. The molecule has 2 atom stereocenters. The summed E-state index contributed by atoms with van der Waals surface area (Å²) in [6.07, 6.45) is 1.02. The average molecular weight is 248 g/mol. The molecular weight excluding hydrogens is 228 g/mol. The number of nitrogens with two attached hydrogens (primary N) is 1. The lowest BCUT2D eigenvalue weighted by Crippen LogP contribution is -2.42. The van der Waals surface area contributed by atoms with Gasteiger partial charge < -0.3 is 15.4 Å². The number of nitrogens with zero attached hydrogens (tertiary/aromatic N) is 1. The fraction of sp³-hybridized carbons (Fsp3) is 0.500. The van der Waals surface area contributed by atoms with E-state index in [0.717, 1.165) is 13.0 Å². The zero-order valence-electron chi connectivity index (χ0n) is 10.9. The number of carbonyl (C=O) groups excluding carboxylic acids is 1. The van der Waals surface area contributed by atoms with E-state index in [1.165, 1.54) is 0 Å². The minimum Gasteiger partial charge on any atom is -0.496 e. The number of rotatable bonds is 3. The predicted molar refractivity (Wildman–Crippen MR) is 70.7 cm³/mol. The van der Waals surface area contributed by atoms with E-state index < -0.39 is 0 Å². The molecule has 0 bridgehead atoms. The maximum atomic E-state index is 12.5. The number of hydrogen-bond donors (Lipinski definition) is 1. The zero-order chi connectivity index (χ0) is 13.1. The summed E-state index contributed by atoms with van der Waals surface area (Å²) >= 11 is 0. The lowest BCUT2D eigenvalue weighted by molar-refractivity contribution is 0.0724. The summed E-state index contributed by atoms with van der Waals surface area (Å²) < 4.78 is 5.24. The van der Waals surface area contributed by atoms with Crippen LogP contribution in [0.2, 0.25) is 0 Å². The van der Waals surface area contributed by atoms with Gasteiger partial charge in [0.05, 0.1) is 12.7 Å². The first-order valence-electron chi connectivity index (χ1n) is 6.33. The molecule has 18 heavy (non-hydrogen) atoms. The maximum Gasteiger partial charge on any atom is 0.257 e. The molecule has 1 heterocycles. The Bertz CT molecular complexity index is 434. The van der Waals surface area contributed by atoms with Crippen LogP contribution in [-0.4, -0.2) is 37.0 Å². The van der Waals surface area contributed by atoms with E-state index in [1.807, 2.05) is 23.1 Å². The minimum atomic E-state index is 0.0206. The number of hydrogen-bond acceptors (Lipinski definition) is 3. The molecular formula is C14H20N2O2. The summed E-state index contributed by atoms with van der Waals surface area (Å²) in [5.74, 6) is 1.11. The van der Waals surface area contributed by atoms with E-state index in [4.69, 9.17) is 10.5 Å². The van der Waals surface area contributed by atoms with Crippen molar-refractivity contribution in [2.45, 2.75) is 19.4 Å². The lowest BCUT2D eigenvalue weighted by Gasteiger charge is -2.26. The van der Waals surface area contributed by atoms with Crippen LogP contribution >= 0.6 is 0 Å². The van der Waals surface area contributed by atoms with Crippen LogP contribution in [0.3, 0.4) is 0 Å². The van der Waals surface area contributed by atoms with Gasteiger partial charge in [-0.15, -0.1) is 0 Å². The van der Waals surface area contributed by atoms with E-state index >= 15 is 0 Å². The van der Waals surface area contributed by atoms with Gasteiger partial charge in [0, 0.05) is 19.1 Å². The van der Waals surface area contributed by atoms with Gasteiger partial charge in [-0.3, -0.25) is 4.79 Å². The van der Waals surface area contributed by atoms with Crippen molar-refractivity contribution < 1.29 is 9.53 Å². The zero-order valence-corrected chi connectivity index (χ0v) is 10.9. The summed E-state index contributed by atoms with van der Waals surface area (Å²) in [7, 11) is 1.58. The van der Waals surface area contributed by atoms with Crippen molar-refractivity contribution in [2.75, 3.05) is 20.2 Å². The second-order valence-corrected chi connectivity index (χ2v) is 4.77. The van der Waals surface area contributed by atoms with Crippen LogP contribution in [-0.2, 0) is 0 Å². The van der Waals surface area contributed by atoms with E-state index in [2.05, 4.69) is 6.92 Å². The molecule has 0 aliphatic carbocycles. The molecule has 4 heteroatoms. The Labute approximate surface area is 108 Å². The molecule has 2 N–H and O–H groups in total. The van der Waals surface area contributed by atoms with Crippen molar-refractivity contribution in [3.63, 3.8) is 0 Å². The van der Waals surface area contributed by atoms with Crippen LogP contribution in [0.15, 0.2) is 24.3 Å². The van der Waals surface area contributed by atoms with Crippen molar-refractivity contribution in [2.24, 2.45) is 11.7 Å². The van der Waals surface area contributed by atoms with Gasteiger partial charge in [-0.05, 0) is 24.5 Å². The second-order valence-electron chi connectivity index (χ2n) is 4.77. The number of ether oxygens (including phenoxy) is 1. The molecule has 98 valence electrons. The first kappa shape index (κ1) is 12.9. The van der Waals surface area contributed by atoms with Crippen LogP contribution in [0.25, 0.3) is 0 Å². The van der Waals surface area contributed by atoms with Crippen LogP contribution in [0.4, 0.5) is 0 Å². The van der Waals surface area contributed by atoms with Gasteiger partial charge in [-0.1, -0.05) is 19.1 Å². The second kappa shape index (κ2) is 5.40. The number of amides is 1. The third kappa shape index (κ3) is 2.20. The van der Waals surface area contributed by atoms with Gasteiger partial charge in [0.25, 0.3) is 5.91 Å². The third-order valence-electron chi connectivity index (χ3n) is 3.72. The van der Waals surface area contributed by atoms with Gasteiger partial charge >= 0.3 is 0 Å². The van der Waals surface area contributed by atoms with Crippen molar-refractivity contribution in [3.05, 3.63) is 29.8 Å². The largest absolute Gasteiger partial charge is 0.496 e. The van der Waals surface area contributed by atoms with Crippen LogP contribution < -0.4 is 10.5 Å². The first-order chi connectivity index (χ1) is 8.69. The van der Waals surface area contributed by atoms with Crippen molar-refractivity contribution >= 4 is 5.91 Å². The highest BCUT2D eigenvalue weighted by Crippen LogP contribution is 2.27. The van der Waals surface area contributed by atoms with E-state index in [1.54, 1.807) is 13.2 Å². The fourth-order valence-electron chi connectivity index (χ4n) is 2.60. The molecule has 1 fully saturated rings. The number of likely N-dealkylation sites (tertiary alicyclic amines) is 1. The van der Waals surface area contributed by atoms with Crippen LogP contribution in [0.5, 0.6) is 5.75 Å². The van der Waals surface area contributed by atoms with Crippen molar-refractivity contribution in [1.29, 1.82) is 0 Å². The predicted octanol–water partition coefficient (Wildman–Crippen LogP) is 1.50. The molecule has 0 aromatic heterocycles. The Morgan fingerprint density at radius 2 is 2.22 bits per heavy atom. The number of para-hydroxylation sites is 1. The number of carbonyl (C=O) groups is 1. The lowest BCUT2D eigenvalue weighted by atomic mass is 10.0. The highest BCUT2D eigenvalue weighted by Gasteiger charge is 2.34. The molecule has 1 aliphatic rings. The quantitative estimate of drug-likeness (QED) is 0.882. The van der Waals surface area contributed by atoms with E-state index in [0.29, 0.717) is 23.8 Å². The standard InChI is InChI=1S/C14H20N2O2/c1-10-7-8-16(12(10)9-15)14(17)11-5-3-4-6-13(11)18-2/h3-6,10,12H,7-9,15H2,1-2H3. The Kier molecular flexibility index (Phi) is 3.87. The summed E-state index contributed by atoms with van der Waals surface area (Å²) in [5.41, 5.74) is 6.39. The molecule has 1 saturated heterocycles. The van der Waals surface area contributed by atoms with Crippen LogP contribution in [0, 0.1) is 5.92 Å². The van der Waals surface area contributed by atoms with E-state index in [9.17, 15) is 4.79 Å². The minimum absolute atomic E-state index is 0.0206. The molecule has 4 nitrogen and oxygen atoms in total. The fourth-order valence-corrected chi connectivity index (χ4v) is 2.60. The molecule has 0 spiro atoms. The van der Waals surface area contributed by atoms with Gasteiger partial charge in [-0.25, -0.2) is 0 Å². The van der Waals surface area contributed by atoms with Gasteiger partial charge in [0.15, 0.2) is 0 Å². The Hall–Kier alpha value is -1.55. The van der Waals surface area contributed by atoms with E-state index in [-0.39, 0.29) is 11.9 Å². The van der Waals surface area contributed by atoms with Crippen molar-refractivity contribution in [1.82, 2.24) is 4.90 Å². The normalized spacial score (nSPS) is 23.2. The topological polar surface area (TPSA) is 55.6 Å². The molecule has 0 radical (unpaired) electrons. The molecule has 0 saturated carbocycles. The molecule has 1 aliphatic heterocycles. The SMILES string of the molecule is COc1ccccc1C(=O)N1CCC(C)C1CN. The summed E-state index contributed by atoms with van der Waals surface area (Å²) in [5, 5.41) is 0. The molecule has 2 unspecified atom stereocenters. The van der Waals surface area contributed by atoms with Crippen LogP contribution in [0.1, 0.15) is 23.7 Å². The third-order valence-corrected chi connectivity index (χ3v) is 3.72. The molecule has 1 aromatic carbocycles. The van der Waals surface area contributed by atoms with Gasteiger partial charge in [0.2, 0.25) is 0 Å². The highest BCUT2D eigenvalue weighted by atomic mass is 16.5. The first-order valence-corrected chi connectivity index (χ1v) is 6.33. The monoisotopic (exact) mass is 248 g/mol. The molecule has 2 rings (SSSR count). The Morgan fingerprint density at radius 1 is 1.50 bits per heavy atom. The summed E-state index contributed by atoms with van der Waals surface area (Å²) in [6.45, 7) is 3.44. The van der Waals surface area contributed by atoms with Gasteiger partial charge in [-0.2, -0.15) is 0 Å². The smallest absolute Gasteiger partial charge is 0.257 e. The maximum absolute atomic E-state index is 12.5. The summed E-state index contributed by atoms with van der Waals surface area (Å²) in [6, 6.07) is 7.47. The number of benzene rings is 1. The number of methoxy groups -OCH3 is 1. The Morgan fingerprint density at radius 3 is 2.89 bits per heavy atom. The Balaban J connectivity index is 2.26. The van der Waals surface area contributed by atoms with Crippen molar-refractivity contribution in [3.8, 4) is 5.75 Å². The van der Waals surface area contributed by atoms with Gasteiger partial charge in [0.1, 0.15) is 5.75 Å².